The van der Waals surface area contributed by atoms with Gasteiger partial charge in [0.25, 0.3) is 11.5 Å². The fraction of sp³-hybridized carbons (Fsp3) is 0.154. The lowest BCUT2D eigenvalue weighted by Gasteiger charge is -2.26. The molecule has 0 aliphatic carbocycles. The van der Waals surface area contributed by atoms with Crippen LogP contribution in [-0.4, -0.2) is 27.2 Å². The largest absolute Gasteiger partial charge is 0.294 e. The molecule has 2 amide bonds. The van der Waals surface area contributed by atoms with Crippen LogP contribution in [0, 0.1) is 12.8 Å². The molecule has 0 radical (unpaired) electrons. The highest BCUT2D eigenvalue weighted by atomic mass is 16.2. The third-order valence-electron chi connectivity index (χ3n) is 6.55. The number of aryl methyl sites for hydroxylation is 1. The molecular weight excluding hydrogens is 430 g/mol. The van der Waals surface area contributed by atoms with Crippen LogP contribution in [0.15, 0.2) is 89.9 Å². The highest BCUT2D eigenvalue weighted by Gasteiger charge is 2.60. The van der Waals surface area contributed by atoms with Gasteiger partial charge in [-0.1, -0.05) is 42.5 Å². The average molecular weight is 451 g/mol. The van der Waals surface area contributed by atoms with E-state index in [1.165, 1.54) is 9.30 Å². The molecule has 8 nitrogen and oxygen atoms in total. The summed E-state index contributed by atoms with van der Waals surface area (Å²) in [7, 11) is 0. The van der Waals surface area contributed by atoms with Gasteiger partial charge in [0, 0.05) is 6.20 Å². The summed E-state index contributed by atoms with van der Waals surface area (Å²) in [5, 5.41) is 1.72. The molecule has 6 rings (SSSR count). The fourth-order valence-corrected chi connectivity index (χ4v) is 5.06. The molecule has 0 saturated carbocycles. The van der Waals surface area contributed by atoms with E-state index in [-0.39, 0.29) is 17.4 Å². The number of hydrogen-bond donors (Lipinski definition) is 1. The molecule has 0 spiro atoms. The summed E-state index contributed by atoms with van der Waals surface area (Å²) >= 11 is 0. The van der Waals surface area contributed by atoms with Crippen molar-refractivity contribution in [2.45, 2.75) is 19.0 Å². The van der Waals surface area contributed by atoms with Gasteiger partial charge in [-0.3, -0.25) is 23.8 Å². The van der Waals surface area contributed by atoms with Gasteiger partial charge in [0.1, 0.15) is 11.7 Å². The smallest absolute Gasteiger partial charge is 0.262 e. The highest BCUT2D eigenvalue weighted by Crippen LogP contribution is 2.43. The molecule has 2 aromatic carbocycles. The molecule has 2 aromatic heterocycles. The third-order valence-corrected chi connectivity index (χ3v) is 6.55. The van der Waals surface area contributed by atoms with Crippen molar-refractivity contribution in [1.29, 1.82) is 0 Å². The van der Waals surface area contributed by atoms with Crippen LogP contribution in [0.1, 0.15) is 17.3 Å². The van der Waals surface area contributed by atoms with Gasteiger partial charge in [0.2, 0.25) is 5.91 Å². The fourth-order valence-electron chi connectivity index (χ4n) is 5.06. The van der Waals surface area contributed by atoms with Crippen molar-refractivity contribution in [2.75, 3.05) is 9.91 Å². The van der Waals surface area contributed by atoms with Crippen LogP contribution >= 0.6 is 0 Å². The van der Waals surface area contributed by atoms with E-state index in [4.69, 9.17) is 0 Å². The summed E-state index contributed by atoms with van der Waals surface area (Å²) in [6, 6.07) is 22.1. The van der Waals surface area contributed by atoms with Gasteiger partial charge >= 0.3 is 0 Å². The summed E-state index contributed by atoms with van der Waals surface area (Å²) in [6.45, 7) is 1.77. The van der Waals surface area contributed by atoms with E-state index in [0.29, 0.717) is 22.6 Å². The predicted octanol–water partition coefficient (Wildman–Crippen LogP) is 2.63. The molecule has 34 heavy (non-hydrogen) atoms. The quantitative estimate of drug-likeness (QED) is 0.482. The molecule has 0 bridgehead atoms. The number of fused-ring (bicyclic) bond motifs is 2. The Balaban J connectivity index is 1.53. The number of benzene rings is 2. The van der Waals surface area contributed by atoms with Crippen molar-refractivity contribution in [3.8, 4) is 0 Å². The lowest BCUT2D eigenvalue weighted by Crippen LogP contribution is -2.46. The van der Waals surface area contributed by atoms with Crippen molar-refractivity contribution in [2.24, 2.45) is 5.92 Å². The maximum Gasteiger partial charge on any atom is 0.262 e. The van der Waals surface area contributed by atoms with Crippen LogP contribution in [-0.2, 0) is 9.59 Å². The minimum Gasteiger partial charge on any atom is -0.294 e. The van der Waals surface area contributed by atoms with Gasteiger partial charge in [-0.05, 0) is 43.3 Å². The Hall–Kier alpha value is -4.30. The molecule has 1 N–H and O–H groups in total. The lowest BCUT2D eigenvalue weighted by atomic mass is 9.90. The van der Waals surface area contributed by atoms with Gasteiger partial charge in [-0.15, -0.1) is 0 Å². The Kier molecular flexibility index (Phi) is 4.56. The minimum absolute atomic E-state index is 0.257. The average Bonchev–Trinajstić information content (AvgIpc) is 3.37. The number of hydrazine groups is 1. The molecule has 2 aliphatic heterocycles. The Labute approximate surface area is 195 Å². The number of pyridine rings is 1. The zero-order valence-electron chi connectivity index (χ0n) is 18.3. The molecule has 3 atom stereocenters. The van der Waals surface area contributed by atoms with Crippen molar-refractivity contribution >= 4 is 28.8 Å². The first-order valence-corrected chi connectivity index (χ1v) is 11.1. The standard InChI is InChI=1S/C26H21N5O3/c1-16-20(24(32)29-15-9-8-14-19(29)27-16)22-21-23(31(28-22)18-12-6-3-7-13-18)26(34)30(25(21)33)17-10-4-2-5-11-17/h2-15,21-23,28H,1H3/t21-,22+,23+/m1/s1. The van der Waals surface area contributed by atoms with Gasteiger partial charge in [0.15, 0.2) is 0 Å². The second-order valence-electron chi connectivity index (χ2n) is 8.48. The zero-order chi connectivity index (χ0) is 23.4. The van der Waals surface area contributed by atoms with E-state index < -0.39 is 18.0 Å². The van der Waals surface area contributed by atoms with Crippen LogP contribution < -0.4 is 20.9 Å². The van der Waals surface area contributed by atoms with Crippen molar-refractivity contribution < 1.29 is 9.59 Å². The SMILES string of the molecule is Cc1nc2ccccn2c(=O)c1[C@@H]1NN(c2ccccc2)[C@@H]2C(=O)N(c3ccccc3)C(=O)[C@@H]21. The van der Waals surface area contributed by atoms with Crippen LogP contribution in [0.5, 0.6) is 0 Å². The van der Waals surface area contributed by atoms with Crippen LogP contribution in [0.25, 0.3) is 5.65 Å². The number of hydrogen-bond acceptors (Lipinski definition) is 6. The monoisotopic (exact) mass is 451 g/mol. The second-order valence-corrected chi connectivity index (χ2v) is 8.48. The Morgan fingerprint density at radius 1 is 0.794 bits per heavy atom. The Bertz CT molecular complexity index is 1490. The van der Waals surface area contributed by atoms with Gasteiger partial charge in [-0.2, -0.15) is 0 Å². The number of amides is 2. The van der Waals surface area contributed by atoms with E-state index in [2.05, 4.69) is 10.4 Å². The molecule has 4 aromatic rings. The molecule has 4 heterocycles. The first-order valence-electron chi connectivity index (χ1n) is 11.1. The van der Waals surface area contributed by atoms with Gasteiger partial charge in [0.05, 0.1) is 34.6 Å². The normalized spacial score (nSPS) is 22.0. The summed E-state index contributed by atoms with van der Waals surface area (Å²) in [6.07, 6.45) is 1.66. The number of para-hydroxylation sites is 2. The molecule has 168 valence electrons. The van der Waals surface area contributed by atoms with E-state index in [9.17, 15) is 14.4 Å². The zero-order valence-corrected chi connectivity index (χ0v) is 18.3. The van der Waals surface area contributed by atoms with E-state index in [0.717, 1.165) is 5.69 Å². The number of imide groups is 1. The molecule has 2 aliphatic rings. The number of anilines is 2. The summed E-state index contributed by atoms with van der Waals surface area (Å²) in [4.78, 5) is 46.8. The maximum absolute atomic E-state index is 13.8. The maximum atomic E-state index is 13.8. The first kappa shape index (κ1) is 20.3. The summed E-state index contributed by atoms with van der Waals surface area (Å²) in [5.41, 5.74) is 5.76. The summed E-state index contributed by atoms with van der Waals surface area (Å²) < 4.78 is 1.47. The number of rotatable bonds is 3. The van der Waals surface area contributed by atoms with Crippen LogP contribution in [0.2, 0.25) is 0 Å². The van der Waals surface area contributed by atoms with Crippen LogP contribution in [0.3, 0.4) is 0 Å². The molecule has 2 saturated heterocycles. The molecule has 2 fully saturated rings. The van der Waals surface area contributed by atoms with E-state index in [1.54, 1.807) is 54.5 Å². The Morgan fingerprint density at radius 3 is 2.15 bits per heavy atom. The van der Waals surface area contributed by atoms with Crippen molar-refractivity contribution in [1.82, 2.24) is 14.8 Å². The molecule has 8 heteroatoms. The third kappa shape index (κ3) is 2.89. The van der Waals surface area contributed by atoms with E-state index >= 15 is 0 Å². The molecular formula is C26H21N5O3. The number of carbonyl (C=O) groups excluding carboxylic acids is 2. The van der Waals surface area contributed by atoms with E-state index in [1.807, 2.05) is 42.5 Å². The van der Waals surface area contributed by atoms with Crippen molar-refractivity contribution in [3.63, 3.8) is 0 Å². The van der Waals surface area contributed by atoms with Gasteiger partial charge < -0.3 is 0 Å². The number of nitrogens with zero attached hydrogens (tertiary/aromatic N) is 4. The minimum atomic E-state index is -0.796. The predicted molar refractivity (Wildman–Crippen MR) is 127 cm³/mol. The lowest BCUT2D eigenvalue weighted by molar-refractivity contribution is -0.122. The first-order chi connectivity index (χ1) is 16.6. The second kappa shape index (κ2) is 7.64. The van der Waals surface area contributed by atoms with Gasteiger partial charge in [-0.25, -0.2) is 15.3 Å². The topological polar surface area (TPSA) is 87.0 Å². The van der Waals surface area contributed by atoms with Crippen molar-refractivity contribution in [3.05, 3.63) is 107 Å². The number of aromatic nitrogens is 2. The van der Waals surface area contributed by atoms with Crippen LogP contribution in [0.4, 0.5) is 11.4 Å². The number of nitrogens with one attached hydrogen (secondary N) is 1. The Morgan fingerprint density at radius 2 is 1.44 bits per heavy atom. The molecule has 0 unspecified atom stereocenters. The number of carbonyl (C=O) groups is 2. The summed E-state index contributed by atoms with van der Waals surface area (Å²) in [5.74, 6) is -1.46. The highest BCUT2D eigenvalue weighted by molar-refractivity contribution is 6.25.